The molecule has 6 nitrogen and oxygen atoms in total. The van der Waals surface area contributed by atoms with Crippen molar-refractivity contribution in [3.05, 3.63) is 83.6 Å². The molecule has 7 heteroatoms. The average Bonchev–Trinajstić information content (AvgIpc) is 3.27. The van der Waals surface area contributed by atoms with Gasteiger partial charge in [-0.3, -0.25) is 9.59 Å². The van der Waals surface area contributed by atoms with E-state index in [9.17, 15) is 9.59 Å². The number of benzene rings is 2. The second-order valence-corrected chi connectivity index (χ2v) is 12.3. The van der Waals surface area contributed by atoms with Crippen molar-refractivity contribution in [2.75, 3.05) is 18.0 Å². The first-order chi connectivity index (χ1) is 19.5. The molecule has 0 aromatic heterocycles. The topological polar surface area (TPSA) is 80.9 Å². The van der Waals surface area contributed by atoms with Crippen molar-refractivity contribution in [2.45, 2.75) is 89.9 Å². The summed E-state index contributed by atoms with van der Waals surface area (Å²) in [5, 5.41) is 18.0. The van der Waals surface area contributed by atoms with Crippen molar-refractivity contribution in [3.8, 4) is 0 Å². The first kappa shape index (κ1) is 33.3. The third-order valence-corrected chi connectivity index (χ3v) is 8.65. The minimum Gasteiger partial charge on any atom is -1.00 e. The number of halogens is 1. The summed E-state index contributed by atoms with van der Waals surface area (Å²) in [5.41, 5.74) is 7.31. The first-order valence-corrected chi connectivity index (χ1v) is 15.0. The molecule has 0 radical (unpaired) electrons. The zero-order valence-corrected chi connectivity index (χ0v) is 27.0. The lowest BCUT2D eigenvalue weighted by atomic mass is 9.81. The molecule has 0 spiro atoms. The molecular formula is C35H45BrN2O4. The van der Waals surface area contributed by atoms with E-state index in [1.807, 2.05) is 0 Å². The molecule has 0 aliphatic carbocycles. The number of unbranched alkanes of at least 4 members (excludes halogenated alkanes) is 4. The number of para-hydroxylation sites is 2. The Morgan fingerprint density at radius 1 is 0.786 bits per heavy atom. The molecule has 0 fully saturated rings. The fourth-order valence-electron chi connectivity index (χ4n) is 6.44. The van der Waals surface area contributed by atoms with Gasteiger partial charge in [0, 0.05) is 60.3 Å². The largest absolute Gasteiger partial charge is 1.00 e. The van der Waals surface area contributed by atoms with E-state index in [1.165, 1.54) is 33.9 Å². The SMILES string of the molecule is CC1(C)C(=CC=CC2=[N+](CCCCCC(=O)O)c3ccccc3C2(C)C)N(CCCCCC(=O)O)c2ccccc21.[Br-]. The smallest absolute Gasteiger partial charge is 0.303 e. The zero-order chi connectivity index (χ0) is 29.6. The Labute approximate surface area is 261 Å². The average molecular weight is 638 g/mol. The van der Waals surface area contributed by atoms with Crippen LogP contribution in [0.1, 0.15) is 90.2 Å². The Bertz CT molecular complexity index is 1370. The van der Waals surface area contributed by atoms with Crippen molar-refractivity contribution < 1.29 is 41.4 Å². The van der Waals surface area contributed by atoms with Gasteiger partial charge in [-0.25, -0.2) is 0 Å². The summed E-state index contributed by atoms with van der Waals surface area (Å²) in [7, 11) is 0. The van der Waals surface area contributed by atoms with E-state index in [-0.39, 0.29) is 40.7 Å². The Balaban J connectivity index is 0.00000484. The third-order valence-electron chi connectivity index (χ3n) is 8.65. The highest BCUT2D eigenvalue weighted by atomic mass is 79.9. The summed E-state index contributed by atoms with van der Waals surface area (Å²) in [5.74, 6) is -1.46. The number of carbonyl (C=O) groups is 2. The van der Waals surface area contributed by atoms with Gasteiger partial charge >= 0.3 is 11.9 Å². The van der Waals surface area contributed by atoms with Gasteiger partial charge in [0.1, 0.15) is 6.54 Å². The van der Waals surface area contributed by atoms with Gasteiger partial charge < -0.3 is 32.1 Å². The molecule has 42 heavy (non-hydrogen) atoms. The second kappa shape index (κ2) is 14.3. The number of hydrogen-bond acceptors (Lipinski definition) is 3. The van der Waals surface area contributed by atoms with Crippen LogP contribution in [0.5, 0.6) is 0 Å². The van der Waals surface area contributed by atoms with Crippen LogP contribution in [0, 0.1) is 0 Å². The number of carboxylic acids is 2. The number of fused-ring (bicyclic) bond motifs is 2. The fraction of sp³-hybridized carbons (Fsp3) is 0.457. The Morgan fingerprint density at radius 3 is 2.05 bits per heavy atom. The van der Waals surface area contributed by atoms with E-state index in [2.05, 4.69) is 104 Å². The molecule has 2 aromatic rings. The highest BCUT2D eigenvalue weighted by Gasteiger charge is 2.44. The number of aliphatic carboxylic acids is 2. The fourth-order valence-corrected chi connectivity index (χ4v) is 6.44. The van der Waals surface area contributed by atoms with Gasteiger partial charge in [-0.1, -0.05) is 62.7 Å². The van der Waals surface area contributed by atoms with Crippen LogP contribution in [-0.2, 0) is 20.4 Å². The third kappa shape index (κ3) is 7.23. The number of carboxylic acid groups (broad SMARTS) is 2. The molecule has 0 amide bonds. The summed E-state index contributed by atoms with van der Waals surface area (Å²) >= 11 is 0. The van der Waals surface area contributed by atoms with E-state index in [1.54, 1.807) is 0 Å². The van der Waals surface area contributed by atoms with Crippen LogP contribution in [0.3, 0.4) is 0 Å². The Hall–Kier alpha value is -3.19. The number of hydrogen-bond donors (Lipinski definition) is 2. The number of allylic oxidation sites excluding steroid dienone is 4. The maximum Gasteiger partial charge on any atom is 0.303 e. The van der Waals surface area contributed by atoms with E-state index >= 15 is 0 Å². The molecule has 2 heterocycles. The molecule has 226 valence electrons. The summed E-state index contributed by atoms with van der Waals surface area (Å²) in [6.07, 6.45) is 12.2. The predicted octanol–water partition coefficient (Wildman–Crippen LogP) is 4.59. The summed E-state index contributed by atoms with van der Waals surface area (Å²) < 4.78 is 2.42. The molecule has 0 bridgehead atoms. The minimum absolute atomic E-state index is 0. The zero-order valence-electron chi connectivity index (χ0n) is 25.4. The quantitative estimate of drug-likeness (QED) is 0.234. The van der Waals surface area contributed by atoms with Gasteiger partial charge in [-0.15, -0.1) is 0 Å². The monoisotopic (exact) mass is 636 g/mol. The van der Waals surface area contributed by atoms with Crippen LogP contribution in [0.25, 0.3) is 0 Å². The van der Waals surface area contributed by atoms with Crippen LogP contribution in [-0.4, -0.2) is 45.5 Å². The summed E-state index contributed by atoms with van der Waals surface area (Å²) in [6, 6.07) is 17.2. The maximum atomic E-state index is 10.9. The van der Waals surface area contributed by atoms with Crippen molar-refractivity contribution in [2.24, 2.45) is 0 Å². The number of anilines is 1. The van der Waals surface area contributed by atoms with E-state index in [0.717, 1.165) is 38.8 Å². The molecule has 2 N–H and O–H groups in total. The van der Waals surface area contributed by atoms with Crippen LogP contribution in [0.15, 0.2) is 72.5 Å². The van der Waals surface area contributed by atoms with Crippen LogP contribution >= 0.6 is 0 Å². The van der Waals surface area contributed by atoms with Crippen molar-refractivity contribution in [1.29, 1.82) is 0 Å². The second-order valence-electron chi connectivity index (χ2n) is 12.3. The molecular weight excluding hydrogens is 592 g/mol. The Kier molecular flexibility index (Phi) is 11.4. The predicted molar refractivity (Wildman–Crippen MR) is 166 cm³/mol. The molecule has 0 saturated heterocycles. The Morgan fingerprint density at radius 2 is 1.38 bits per heavy atom. The van der Waals surface area contributed by atoms with Gasteiger partial charge in [0.2, 0.25) is 5.69 Å². The lowest BCUT2D eigenvalue weighted by Gasteiger charge is -2.27. The van der Waals surface area contributed by atoms with Crippen LogP contribution < -0.4 is 21.9 Å². The molecule has 4 rings (SSSR count). The van der Waals surface area contributed by atoms with Crippen molar-refractivity contribution in [3.63, 3.8) is 0 Å². The molecule has 0 saturated carbocycles. The van der Waals surface area contributed by atoms with E-state index in [4.69, 9.17) is 10.2 Å². The lowest BCUT2D eigenvalue weighted by molar-refractivity contribution is -0.438. The number of nitrogens with zero attached hydrogens (tertiary/aromatic N) is 2. The van der Waals surface area contributed by atoms with Crippen LogP contribution in [0.2, 0.25) is 0 Å². The van der Waals surface area contributed by atoms with E-state index in [0.29, 0.717) is 12.8 Å². The van der Waals surface area contributed by atoms with E-state index < -0.39 is 11.9 Å². The molecule has 2 aromatic carbocycles. The van der Waals surface area contributed by atoms with Crippen molar-refractivity contribution in [1.82, 2.24) is 0 Å². The highest BCUT2D eigenvalue weighted by Crippen LogP contribution is 2.48. The summed E-state index contributed by atoms with van der Waals surface area (Å²) in [4.78, 5) is 24.3. The maximum absolute atomic E-state index is 10.9. The van der Waals surface area contributed by atoms with Gasteiger partial charge in [0.05, 0.1) is 5.41 Å². The summed E-state index contributed by atoms with van der Waals surface area (Å²) in [6.45, 7) is 10.8. The first-order valence-electron chi connectivity index (χ1n) is 15.0. The van der Waals surface area contributed by atoms with Gasteiger partial charge in [0.25, 0.3) is 0 Å². The highest BCUT2D eigenvalue weighted by molar-refractivity contribution is 6.03. The van der Waals surface area contributed by atoms with Gasteiger partial charge in [-0.2, -0.15) is 4.58 Å². The molecule has 0 unspecified atom stereocenters. The minimum atomic E-state index is -0.729. The van der Waals surface area contributed by atoms with Crippen LogP contribution in [0.4, 0.5) is 11.4 Å². The number of rotatable bonds is 14. The molecule has 2 aliphatic rings. The molecule has 0 atom stereocenters. The normalized spacial score (nSPS) is 17.4. The molecule has 2 aliphatic heterocycles. The lowest BCUT2D eigenvalue weighted by Crippen LogP contribution is -3.00. The van der Waals surface area contributed by atoms with Gasteiger partial charge in [-0.05, 0) is 57.2 Å². The standard InChI is InChI=1S/C35H44N2O4.BrH/c1-34(2)26-16-9-11-18-28(26)36(24-13-5-7-22-32(38)39)30(34)20-15-21-31-35(3,4)27-17-10-12-19-29(27)37(31)25-14-6-8-23-33(40)41;/h9-12,15-21H,5-8,13-14,22-25H2,1-4H3,(H-,38,39,40,41);1H. The van der Waals surface area contributed by atoms with Crippen molar-refractivity contribution >= 4 is 29.0 Å². The van der Waals surface area contributed by atoms with Gasteiger partial charge in [0.15, 0.2) is 5.71 Å².